The second-order valence-corrected chi connectivity index (χ2v) is 6.89. The van der Waals surface area contributed by atoms with Crippen molar-refractivity contribution in [3.63, 3.8) is 0 Å². The van der Waals surface area contributed by atoms with Crippen LogP contribution in [0.25, 0.3) is 11.4 Å². The number of fused-ring (bicyclic) bond motifs is 1. The van der Waals surface area contributed by atoms with Crippen LogP contribution in [-0.2, 0) is 4.74 Å². The number of aromatic nitrogens is 3. The molecule has 0 saturated carbocycles. The number of amides is 1. The molecule has 3 aromatic rings. The standard InChI is InChI=1S/C21H22FN5O3/c1-29-9-7-12-10-24-21(28)16-17(12)27-18(14-6-8-23-11-25-14)19(16)26-15-5-3-4-13(22)20(15)30-2/h3-6,8,11-12,26-27H,7,9-10H2,1-2H3,(H,24,28). The van der Waals surface area contributed by atoms with E-state index >= 15 is 0 Å². The third kappa shape index (κ3) is 3.59. The summed E-state index contributed by atoms with van der Waals surface area (Å²) in [6, 6.07) is 6.32. The highest BCUT2D eigenvalue weighted by molar-refractivity contribution is 6.06. The van der Waals surface area contributed by atoms with Gasteiger partial charge in [-0.2, -0.15) is 0 Å². The molecule has 1 aliphatic rings. The second kappa shape index (κ2) is 8.50. The zero-order valence-electron chi connectivity index (χ0n) is 16.7. The summed E-state index contributed by atoms with van der Waals surface area (Å²) in [5.41, 5.74) is 3.40. The van der Waals surface area contributed by atoms with Crippen LogP contribution >= 0.6 is 0 Å². The first kappa shape index (κ1) is 19.8. The van der Waals surface area contributed by atoms with Gasteiger partial charge in [0.25, 0.3) is 5.91 Å². The van der Waals surface area contributed by atoms with Gasteiger partial charge in [-0.05, 0) is 24.6 Å². The number of rotatable bonds is 7. The van der Waals surface area contributed by atoms with Crippen molar-refractivity contribution < 1.29 is 18.7 Å². The lowest BCUT2D eigenvalue weighted by Crippen LogP contribution is -2.35. The molecule has 2 aromatic heterocycles. The Labute approximate surface area is 172 Å². The number of ether oxygens (including phenoxy) is 2. The normalized spacial score (nSPS) is 15.4. The summed E-state index contributed by atoms with van der Waals surface area (Å²) in [6.45, 7) is 1.06. The van der Waals surface area contributed by atoms with Crippen LogP contribution in [0.4, 0.5) is 15.8 Å². The number of para-hydroxylation sites is 1. The van der Waals surface area contributed by atoms with E-state index in [4.69, 9.17) is 9.47 Å². The van der Waals surface area contributed by atoms with E-state index in [1.165, 1.54) is 19.5 Å². The van der Waals surface area contributed by atoms with Gasteiger partial charge in [-0.15, -0.1) is 0 Å². The molecular formula is C21H22FN5O3. The van der Waals surface area contributed by atoms with Crippen molar-refractivity contribution >= 4 is 17.3 Å². The third-order valence-electron chi connectivity index (χ3n) is 5.11. The molecule has 0 spiro atoms. The second-order valence-electron chi connectivity index (χ2n) is 6.89. The predicted molar refractivity (Wildman–Crippen MR) is 110 cm³/mol. The van der Waals surface area contributed by atoms with E-state index in [0.29, 0.717) is 41.5 Å². The Kier molecular flexibility index (Phi) is 5.62. The van der Waals surface area contributed by atoms with Crippen LogP contribution in [0.3, 0.4) is 0 Å². The van der Waals surface area contributed by atoms with Gasteiger partial charge in [0, 0.05) is 38.1 Å². The molecule has 1 atom stereocenters. The molecule has 1 unspecified atom stereocenters. The van der Waals surface area contributed by atoms with E-state index in [0.717, 1.165) is 12.1 Å². The molecule has 3 N–H and O–H groups in total. The molecule has 0 aliphatic carbocycles. The Hall–Kier alpha value is -3.46. The molecule has 1 amide bonds. The number of anilines is 2. The van der Waals surface area contributed by atoms with Crippen LogP contribution in [-0.4, -0.2) is 48.2 Å². The van der Waals surface area contributed by atoms with Gasteiger partial charge in [-0.1, -0.05) is 6.07 Å². The molecule has 0 fully saturated rings. The predicted octanol–water partition coefficient (Wildman–Crippen LogP) is 3.23. The minimum Gasteiger partial charge on any atom is -0.492 e. The highest BCUT2D eigenvalue weighted by Crippen LogP contribution is 2.41. The fraction of sp³-hybridized carbons (Fsp3) is 0.286. The third-order valence-corrected chi connectivity index (χ3v) is 5.11. The molecule has 30 heavy (non-hydrogen) atoms. The highest BCUT2D eigenvalue weighted by atomic mass is 19.1. The first-order valence-corrected chi connectivity index (χ1v) is 9.53. The maximum absolute atomic E-state index is 14.2. The summed E-state index contributed by atoms with van der Waals surface area (Å²) in [6.07, 6.45) is 3.79. The summed E-state index contributed by atoms with van der Waals surface area (Å²) in [5.74, 6) is -0.609. The molecular weight excluding hydrogens is 389 g/mol. The van der Waals surface area contributed by atoms with Crippen molar-refractivity contribution in [2.24, 2.45) is 0 Å². The number of methoxy groups -OCH3 is 2. The summed E-state index contributed by atoms with van der Waals surface area (Å²) < 4.78 is 24.7. The average molecular weight is 411 g/mol. The van der Waals surface area contributed by atoms with Gasteiger partial charge < -0.3 is 25.1 Å². The fourth-order valence-corrected chi connectivity index (χ4v) is 3.68. The summed E-state index contributed by atoms with van der Waals surface area (Å²) in [5, 5.41) is 6.13. The first-order chi connectivity index (χ1) is 14.6. The molecule has 9 heteroatoms. The van der Waals surface area contributed by atoms with Crippen molar-refractivity contribution in [1.29, 1.82) is 0 Å². The van der Waals surface area contributed by atoms with Crippen LogP contribution in [0.5, 0.6) is 5.75 Å². The number of H-pyrrole nitrogens is 1. The van der Waals surface area contributed by atoms with Gasteiger partial charge in [-0.3, -0.25) is 4.79 Å². The lowest BCUT2D eigenvalue weighted by molar-refractivity contribution is 0.0935. The van der Waals surface area contributed by atoms with Gasteiger partial charge in [0.1, 0.15) is 6.33 Å². The maximum atomic E-state index is 14.2. The Bertz CT molecular complexity index is 1050. The monoisotopic (exact) mass is 411 g/mol. The van der Waals surface area contributed by atoms with Gasteiger partial charge in [0.2, 0.25) is 0 Å². The number of carbonyl (C=O) groups is 1. The molecule has 3 heterocycles. The van der Waals surface area contributed by atoms with Gasteiger partial charge in [0.15, 0.2) is 11.6 Å². The van der Waals surface area contributed by atoms with E-state index in [1.807, 2.05) is 0 Å². The Morgan fingerprint density at radius 1 is 1.30 bits per heavy atom. The van der Waals surface area contributed by atoms with E-state index in [1.54, 1.807) is 31.5 Å². The molecule has 0 radical (unpaired) electrons. The number of hydrogen-bond donors (Lipinski definition) is 3. The number of halogens is 1. The highest BCUT2D eigenvalue weighted by Gasteiger charge is 2.33. The number of nitrogens with zero attached hydrogens (tertiary/aromatic N) is 2. The minimum absolute atomic E-state index is 0.0446. The molecule has 0 saturated heterocycles. The van der Waals surface area contributed by atoms with Gasteiger partial charge in [0.05, 0.1) is 35.4 Å². The number of aromatic amines is 1. The number of nitrogens with one attached hydrogen (secondary N) is 3. The van der Waals surface area contributed by atoms with E-state index < -0.39 is 5.82 Å². The average Bonchev–Trinajstić information content (AvgIpc) is 3.14. The van der Waals surface area contributed by atoms with Crippen molar-refractivity contribution in [2.45, 2.75) is 12.3 Å². The van der Waals surface area contributed by atoms with Crippen molar-refractivity contribution in [1.82, 2.24) is 20.3 Å². The lowest BCUT2D eigenvalue weighted by Gasteiger charge is -2.23. The van der Waals surface area contributed by atoms with Crippen molar-refractivity contribution in [2.75, 3.05) is 32.7 Å². The zero-order valence-corrected chi connectivity index (χ0v) is 16.7. The smallest absolute Gasteiger partial charge is 0.255 e. The summed E-state index contributed by atoms with van der Waals surface area (Å²) >= 11 is 0. The maximum Gasteiger partial charge on any atom is 0.255 e. The number of hydrogen-bond acceptors (Lipinski definition) is 6. The SMILES string of the molecule is COCCC1CNC(=O)c2c1[nH]c(-c1ccncn1)c2Nc1cccc(F)c1OC. The largest absolute Gasteiger partial charge is 0.492 e. The molecule has 1 aromatic carbocycles. The van der Waals surface area contributed by atoms with Crippen LogP contribution in [0, 0.1) is 5.82 Å². The number of benzene rings is 1. The summed E-state index contributed by atoms with van der Waals surface area (Å²) in [4.78, 5) is 24.5. The first-order valence-electron chi connectivity index (χ1n) is 9.53. The van der Waals surface area contributed by atoms with E-state index in [-0.39, 0.29) is 17.6 Å². The Balaban J connectivity index is 1.87. The van der Waals surface area contributed by atoms with Crippen LogP contribution in [0.15, 0.2) is 36.8 Å². The zero-order chi connectivity index (χ0) is 21.1. The molecule has 8 nitrogen and oxygen atoms in total. The minimum atomic E-state index is -0.502. The van der Waals surface area contributed by atoms with E-state index in [2.05, 4.69) is 25.6 Å². The van der Waals surface area contributed by atoms with Crippen LogP contribution in [0.1, 0.15) is 28.4 Å². The Morgan fingerprint density at radius 3 is 2.90 bits per heavy atom. The Morgan fingerprint density at radius 2 is 2.17 bits per heavy atom. The fourth-order valence-electron chi connectivity index (χ4n) is 3.68. The molecule has 156 valence electrons. The van der Waals surface area contributed by atoms with Crippen LogP contribution in [0.2, 0.25) is 0 Å². The van der Waals surface area contributed by atoms with Crippen molar-refractivity contribution in [3.8, 4) is 17.1 Å². The quantitative estimate of drug-likeness (QED) is 0.552. The molecule has 4 rings (SSSR count). The number of carbonyl (C=O) groups excluding carboxylic acids is 1. The van der Waals surface area contributed by atoms with Gasteiger partial charge in [-0.25, -0.2) is 14.4 Å². The van der Waals surface area contributed by atoms with Crippen LogP contribution < -0.4 is 15.4 Å². The summed E-state index contributed by atoms with van der Waals surface area (Å²) in [7, 11) is 3.04. The lowest BCUT2D eigenvalue weighted by atomic mass is 9.94. The molecule has 0 bridgehead atoms. The van der Waals surface area contributed by atoms with E-state index in [9.17, 15) is 9.18 Å². The van der Waals surface area contributed by atoms with Gasteiger partial charge >= 0.3 is 0 Å². The topological polar surface area (TPSA) is 101 Å². The molecule has 1 aliphatic heterocycles. The van der Waals surface area contributed by atoms with Crippen molar-refractivity contribution in [3.05, 3.63) is 53.9 Å².